The molecule has 6 unspecified atom stereocenters. The summed E-state index contributed by atoms with van der Waals surface area (Å²) in [5, 5.41) is 0. The first-order valence-corrected chi connectivity index (χ1v) is 9.34. The minimum Gasteiger partial charge on any atom is -0.0773 e. The molecule has 0 spiro atoms. The summed E-state index contributed by atoms with van der Waals surface area (Å²) in [4.78, 5) is 0. The summed E-state index contributed by atoms with van der Waals surface area (Å²) in [6, 6.07) is 0. The highest BCUT2D eigenvalue weighted by Gasteiger charge is 2.54. The molecule has 4 fully saturated rings. The zero-order chi connectivity index (χ0) is 12.8. The molecule has 0 aromatic heterocycles. The van der Waals surface area contributed by atoms with E-state index in [1.807, 2.05) is 11.1 Å². The molecule has 0 heteroatoms. The molecule has 0 nitrogen and oxygen atoms in total. The van der Waals surface area contributed by atoms with Crippen molar-refractivity contribution in [2.75, 3.05) is 0 Å². The van der Waals surface area contributed by atoms with Crippen LogP contribution in [0.1, 0.15) is 51.4 Å². The Morgan fingerprint density at radius 2 is 1.00 bits per heavy atom. The fraction of sp³-hybridized carbons (Fsp3) is 0.800. The van der Waals surface area contributed by atoms with E-state index >= 15 is 0 Å². The van der Waals surface area contributed by atoms with Crippen LogP contribution >= 0.6 is 0 Å². The van der Waals surface area contributed by atoms with Gasteiger partial charge in [0.05, 0.1) is 0 Å². The Balaban J connectivity index is 1.41. The summed E-state index contributed by atoms with van der Waals surface area (Å²) in [5.41, 5.74) is 3.78. The lowest BCUT2D eigenvalue weighted by Crippen LogP contribution is -2.15. The van der Waals surface area contributed by atoms with E-state index in [0.29, 0.717) is 0 Å². The van der Waals surface area contributed by atoms with Crippen LogP contribution in [0.2, 0.25) is 0 Å². The molecule has 0 amide bonds. The van der Waals surface area contributed by atoms with Crippen LogP contribution in [0.4, 0.5) is 0 Å². The number of allylic oxidation sites excluding steroid dienone is 4. The van der Waals surface area contributed by atoms with Gasteiger partial charge in [0, 0.05) is 0 Å². The van der Waals surface area contributed by atoms with Crippen molar-refractivity contribution in [2.45, 2.75) is 51.4 Å². The van der Waals surface area contributed by atoms with E-state index in [1.54, 1.807) is 25.7 Å². The van der Waals surface area contributed by atoms with Crippen molar-refractivity contribution in [3.05, 3.63) is 23.3 Å². The summed E-state index contributed by atoms with van der Waals surface area (Å²) in [6.45, 7) is 0. The first kappa shape index (κ1) is 11.1. The molecule has 0 bridgehead atoms. The van der Waals surface area contributed by atoms with E-state index in [-0.39, 0.29) is 0 Å². The maximum atomic E-state index is 2.79. The molecule has 6 aliphatic carbocycles. The third-order valence-electron chi connectivity index (χ3n) is 8.36. The van der Waals surface area contributed by atoms with E-state index in [0.717, 1.165) is 47.3 Å². The SMILES string of the molecule is C1=C(C2=CC3CCC4CCC2[C@@H]34)C2CCC3CCC1[C@H]32. The van der Waals surface area contributed by atoms with Gasteiger partial charge in [-0.05, 0) is 110 Å². The van der Waals surface area contributed by atoms with Crippen LogP contribution in [0.5, 0.6) is 0 Å². The van der Waals surface area contributed by atoms with E-state index in [1.165, 1.54) is 25.7 Å². The Bertz CT molecular complexity index is 476. The average molecular weight is 266 g/mol. The Hall–Kier alpha value is -0.520. The highest BCUT2D eigenvalue weighted by atomic mass is 14.6. The van der Waals surface area contributed by atoms with Gasteiger partial charge in [0.25, 0.3) is 0 Å². The van der Waals surface area contributed by atoms with Crippen LogP contribution in [0.25, 0.3) is 0 Å². The van der Waals surface area contributed by atoms with Gasteiger partial charge in [-0.15, -0.1) is 0 Å². The van der Waals surface area contributed by atoms with Crippen LogP contribution < -0.4 is 0 Å². The largest absolute Gasteiger partial charge is 0.0773 e. The van der Waals surface area contributed by atoms with Gasteiger partial charge >= 0.3 is 0 Å². The first-order chi connectivity index (χ1) is 9.90. The van der Waals surface area contributed by atoms with Gasteiger partial charge in [0.15, 0.2) is 0 Å². The summed E-state index contributed by atoms with van der Waals surface area (Å²) in [7, 11) is 0. The topological polar surface area (TPSA) is 0 Å². The van der Waals surface area contributed by atoms with Crippen LogP contribution in [-0.4, -0.2) is 0 Å². The second-order valence-corrected chi connectivity index (χ2v) is 8.77. The zero-order valence-corrected chi connectivity index (χ0v) is 12.4. The molecular weight excluding hydrogens is 240 g/mol. The van der Waals surface area contributed by atoms with Crippen LogP contribution in [-0.2, 0) is 0 Å². The molecule has 6 rings (SSSR count). The predicted molar refractivity (Wildman–Crippen MR) is 81.0 cm³/mol. The lowest BCUT2D eigenvalue weighted by molar-refractivity contribution is 0.356. The summed E-state index contributed by atoms with van der Waals surface area (Å²) < 4.78 is 0. The molecule has 0 N–H and O–H groups in total. The highest BCUT2D eigenvalue weighted by Crippen LogP contribution is 2.64. The number of rotatable bonds is 1. The van der Waals surface area contributed by atoms with Crippen molar-refractivity contribution >= 4 is 0 Å². The first-order valence-electron chi connectivity index (χ1n) is 9.34. The lowest BCUT2D eigenvalue weighted by atomic mass is 9.82. The van der Waals surface area contributed by atoms with Gasteiger partial charge in [-0.3, -0.25) is 0 Å². The molecule has 8 atom stereocenters. The fourth-order valence-electron chi connectivity index (χ4n) is 7.83. The second-order valence-electron chi connectivity index (χ2n) is 8.77. The summed E-state index contributed by atoms with van der Waals surface area (Å²) in [6.07, 6.45) is 17.9. The fourth-order valence-corrected chi connectivity index (χ4v) is 7.83. The number of hydrogen-bond acceptors (Lipinski definition) is 0. The van der Waals surface area contributed by atoms with Gasteiger partial charge < -0.3 is 0 Å². The monoisotopic (exact) mass is 266 g/mol. The lowest BCUT2D eigenvalue weighted by Gasteiger charge is -2.22. The molecule has 106 valence electrons. The average Bonchev–Trinajstić information content (AvgIpc) is 3.18. The quantitative estimate of drug-likeness (QED) is 0.628. The normalized spacial score (nSPS) is 58.0. The standard InChI is InChI=1S/C20H26/c1-3-13-9-17(15-7-5-11(1)19(13)15)18-10-14-4-2-12-6-8-16(18)20(12)14/h9-16,19-20H,1-8H2/t11?,12?,13?,14?,15?,16?,19-,20+. The third-order valence-corrected chi connectivity index (χ3v) is 8.36. The Labute approximate surface area is 122 Å². The van der Waals surface area contributed by atoms with Crippen molar-refractivity contribution < 1.29 is 0 Å². The van der Waals surface area contributed by atoms with Gasteiger partial charge in [-0.2, -0.15) is 0 Å². The zero-order valence-electron chi connectivity index (χ0n) is 12.4. The second kappa shape index (κ2) is 3.62. The van der Waals surface area contributed by atoms with Gasteiger partial charge in [0.2, 0.25) is 0 Å². The number of hydrogen-bond donors (Lipinski definition) is 0. The maximum absolute atomic E-state index is 2.79. The summed E-state index contributed by atoms with van der Waals surface area (Å²) in [5.74, 6) is 8.36. The molecule has 20 heavy (non-hydrogen) atoms. The molecule has 0 aromatic carbocycles. The van der Waals surface area contributed by atoms with E-state index < -0.39 is 0 Å². The Kier molecular flexibility index (Phi) is 2.01. The Morgan fingerprint density at radius 3 is 1.50 bits per heavy atom. The van der Waals surface area contributed by atoms with E-state index in [2.05, 4.69) is 12.2 Å². The Morgan fingerprint density at radius 1 is 0.550 bits per heavy atom. The van der Waals surface area contributed by atoms with Crippen LogP contribution in [0.3, 0.4) is 0 Å². The van der Waals surface area contributed by atoms with Gasteiger partial charge in [-0.25, -0.2) is 0 Å². The van der Waals surface area contributed by atoms with Crippen molar-refractivity contribution in [3.8, 4) is 0 Å². The van der Waals surface area contributed by atoms with Gasteiger partial charge in [-0.1, -0.05) is 12.2 Å². The maximum Gasteiger partial charge on any atom is -0.0126 e. The molecule has 6 aliphatic rings. The van der Waals surface area contributed by atoms with E-state index in [4.69, 9.17) is 0 Å². The summed E-state index contributed by atoms with van der Waals surface area (Å²) >= 11 is 0. The predicted octanol–water partition coefficient (Wildman–Crippen LogP) is 4.97. The van der Waals surface area contributed by atoms with Crippen molar-refractivity contribution in [2.24, 2.45) is 47.3 Å². The van der Waals surface area contributed by atoms with E-state index in [9.17, 15) is 0 Å². The minimum absolute atomic E-state index is 0.987. The van der Waals surface area contributed by atoms with Gasteiger partial charge in [0.1, 0.15) is 0 Å². The van der Waals surface area contributed by atoms with Crippen molar-refractivity contribution in [3.63, 3.8) is 0 Å². The van der Waals surface area contributed by atoms with Crippen molar-refractivity contribution in [1.82, 2.24) is 0 Å². The molecule has 0 saturated heterocycles. The molecular formula is C20H26. The smallest absolute Gasteiger partial charge is 0.0126 e. The highest BCUT2D eigenvalue weighted by molar-refractivity contribution is 5.45. The van der Waals surface area contributed by atoms with Crippen molar-refractivity contribution in [1.29, 1.82) is 0 Å². The third kappa shape index (κ3) is 1.18. The molecule has 0 aromatic rings. The van der Waals surface area contributed by atoms with Crippen LogP contribution in [0, 0.1) is 47.3 Å². The molecule has 0 heterocycles. The molecule has 0 radical (unpaired) electrons. The van der Waals surface area contributed by atoms with Crippen LogP contribution in [0.15, 0.2) is 23.3 Å². The molecule has 4 saturated carbocycles. The molecule has 0 aliphatic heterocycles. The minimum atomic E-state index is 0.987.